The first-order valence-corrected chi connectivity index (χ1v) is 1.80. The van der Waals surface area contributed by atoms with Crippen LogP contribution in [-0.4, -0.2) is 30.1 Å². The Balaban J connectivity index is 2.81. The molecule has 0 aliphatic rings. The van der Waals surface area contributed by atoms with Gasteiger partial charge in [0, 0.05) is 6.54 Å². The molecule has 0 bridgehead atoms. The maximum Gasteiger partial charge on any atom is 0.549 e. The van der Waals surface area contributed by atoms with E-state index >= 15 is 0 Å². The van der Waals surface area contributed by atoms with Crippen LogP contribution in [-0.2, 0) is 4.79 Å². The van der Waals surface area contributed by atoms with Gasteiger partial charge >= 0.3 is 7.25 Å². The standard InChI is InChI=1S/C2H6BNO3/c5-2-1-4-3(6)7/h2,4,6-7H,1H2. The van der Waals surface area contributed by atoms with Gasteiger partial charge in [-0.15, -0.1) is 0 Å². The zero-order valence-corrected chi connectivity index (χ0v) is 3.66. The second-order valence-electron chi connectivity index (χ2n) is 0.949. The first-order chi connectivity index (χ1) is 3.27. The summed E-state index contributed by atoms with van der Waals surface area (Å²) in [4.78, 5) is 9.42. The molecule has 0 atom stereocenters. The highest BCUT2D eigenvalue weighted by Crippen LogP contribution is 1.52. The maximum atomic E-state index is 9.42. The van der Waals surface area contributed by atoms with Crippen LogP contribution in [0.15, 0.2) is 0 Å². The smallest absolute Gasteiger partial charge is 0.413 e. The van der Waals surface area contributed by atoms with Gasteiger partial charge in [0.25, 0.3) is 0 Å². The normalized spacial score (nSPS) is 8.29. The van der Waals surface area contributed by atoms with Crippen LogP contribution in [0.1, 0.15) is 0 Å². The minimum atomic E-state index is -1.58. The van der Waals surface area contributed by atoms with E-state index in [9.17, 15) is 4.79 Å². The highest BCUT2D eigenvalue weighted by molar-refractivity contribution is 6.37. The number of aldehydes is 1. The van der Waals surface area contributed by atoms with Crippen molar-refractivity contribution < 1.29 is 14.8 Å². The number of carbonyl (C=O) groups excluding carboxylic acids is 1. The minimum absolute atomic E-state index is 0.0301. The van der Waals surface area contributed by atoms with Gasteiger partial charge in [-0.3, -0.25) is 5.23 Å². The van der Waals surface area contributed by atoms with Gasteiger partial charge in [-0.05, 0) is 0 Å². The fourth-order valence-corrected chi connectivity index (χ4v) is 0.154. The summed E-state index contributed by atoms with van der Waals surface area (Å²) in [5.41, 5.74) is 0. The zero-order valence-electron chi connectivity index (χ0n) is 3.66. The van der Waals surface area contributed by atoms with E-state index < -0.39 is 7.25 Å². The SMILES string of the molecule is O=CCNB(O)O. The third kappa shape index (κ3) is 5.61. The van der Waals surface area contributed by atoms with Gasteiger partial charge in [0.2, 0.25) is 0 Å². The third-order valence-electron chi connectivity index (χ3n) is 0.384. The largest absolute Gasteiger partial charge is 0.549 e. The lowest BCUT2D eigenvalue weighted by atomic mass is 10.1. The van der Waals surface area contributed by atoms with Crippen molar-refractivity contribution in [3.05, 3.63) is 0 Å². The third-order valence-corrected chi connectivity index (χ3v) is 0.384. The Bertz CT molecular complexity index is 56.9. The Morgan fingerprint density at radius 3 is 2.43 bits per heavy atom. The molecule has 0 aromatic carbocycles. The van der Waals surface area contributed by atoms with Crippen molar-refractivity contribution in [3.63, 3.8) is 0 Å². The van der Waals surface area contributed by atoms with Gasteiger partial charge in [-0.2, -0.15) is 0 Å². The quantitative estimate of drug-likeness (QED) is 0.278. The summed E-state index contributed by atoms with van der Waals surface area (Å²) in [6, 6.07) is 0. The van der Waals surface area contributed by atoms with Gasteiger partial charge < -0.3 is 14.8 Å². The Hall–Kier alpha value is -0.385. The Kier molecular flexibility index (Phi) is 3.58. The first-order valence-electron chi connectivity index (χ1n) is 1.80. The molecule has 0 radical (unpaired) electrons. The van der Waals surface area contributed by atoms with Gasteiger partial charge in [0.15, 0.2) is 0 Å². The predicted octanol–water partition coefficient (Wildman–Crippen LogP) is -2.26. The molecular weight excluding hydrogens is 96.8 g/mol. The number of hydrogen-bond donors (Lipinski definition) is 3. The molecule has 0 aliphatic carbocycles. The summed E-state index contributed by atoms with van der Waals surface area (Å²) < 4.78 is 0. The van der Waals surface area contributed by atoms with Crippen LogP contribution >= 0.6 is 0 Å². The van der Waals surface area contributed by atoms with Crippen LogP contribution in [0.5, 0.6) is 0 Å². The van der Waals surface area contributed by atoms with Crippen molar-refractivity contribution in [1.82, 2.24) is 5.23 Å². The molecule has 7 heavy (non-hydrogen) atoms. The fourth-order valence-electron chi connectivity index (χ4n) is 0.154. The fraction of sp³-hybridized carbons (Fsp3) is 0.500. The van der Waals surface area contributed by atoms with Crippen molar-refractivity contribution in [3.8, 4) is 0 Å². The number of carbonyl (C=O) groups is 1. The van der Waals surface area contributed by atoms with Gasteiger partial charge in [-0.1, -0.05) is 0 Å². The monoisotopic (exact) mass is 103 g/mol. The lowest BCUT2D eigenvalue weighted by Crippen LogP contribution is -2.34. The van der Waals surface area contributed by atoms with Gasteiger partial charge in [0.05, 0.1) is 0 Å². The molecule has 0 aromatic heterocycles. The van der Waals surface area contributed by atoms with Crippen LogP contribution in [0.25, 0.3) is 0 Å². The van der Waals surface area contributed by atoms with E-state index in [1.54, 1.807) is 0 Å². The molecule has 0 amide bonds. The summed E-state index contributed by atoms with van der Waals surface area (Å²) in [6.07, 6.45) is 0.541. The summed E-state index contributed by atoms with van der Waals surface area (Å²) in [6.45, 7) is -0.0301. The molecule has 5 heteroatoms. The summed E-state index contributed by atoms with van der Waals surface area (Å²) in [7, 11) is -1.58. The van der Waals surface area contributed by atoms with E-state index in [1.807, 2.05) is 5.23 Å². The summed E-state index contributed by atoms with van der Waals surface area (Å²) in [5.74, 6) is 0. The number of rotatable bonds is 3. The first kappa shape index (κ1) is 6.61. The molecule has 0 saturated heterocycles. The molecule has 0 heterocycles. The topological polar surface area (TPSA) is 69.6 Å². The van der Waals surface area contributed by atoms with E-state index in [0.717, 1.165) is 0 Å². The minimum Gasteiger partial charge on any atom is -0.413 e. The Labute approximate surface area is 41.3 Å². The summed E-state index contributed by atoms with van der Waals surface area (Å²) in [5, 5.41) is 18.0. The average molecular weight is 103 g/mol. The second kappa shape index (κ2) is 3.79. The maximum absolute atomic E-state index is 9.42. The van der Waals surface area contributed by atoms with Crippen LogP contribution in [0, 0.1) is 0 Å². The molecule has 0 fully saturated rings. The molecule has 0 unspecified atom stereocenters. The Morgan fingerprint density at radius 1 is 1.71 bits per heavy atom. The van der Waals surface area contributed by atoms with E-state index in [0.29, 0.717) is 6.29 Å². The molecule has 3 N–H and O–H groups in total. The van der Waals surface area contributed by atoms with Crippen molar-refractivity contribution >= 4 is 13.5 Å². The van der Waals surface area contributed by atoms with Crippen molar-refractivity contribution in [2.45, 2.75) is 0 Å². The molecular formula is C2H6BNO3. The molecule has 40 valence electrons. The van der Waals surface area contributed by atoms with Crippen LogP contribution in [0.3, 0.4) is 0 Å². The second-order valence-corrected chi connectivity index (χ2v) is 0.949. The lowest BCUT2D eigenvalue weighted by molar-refractivity contribution is -0.107. The molecule has 0 spiro atoms. The van der Waals surface area contributed by atoms with E-state index in [4.69, 9.17) is 10.0 Å². The van der Waals surface area contributed by atoms with Crippen LogP contribution in [0.4, 0.5) is 0 Å². The molecule has 0 saturated carbocycles. The van der Waals surface area contributed by atoms with Crippen molar-refractivity contribution in [1.29, 1.82) is 0 Å². The molecule has 4 nitrogen and oxygen atoms in total. The predicted molar refractivity (Wildman–Crippen MR) is 24.3 cm³/mol. The Morgan fingerprint density at radius 2 is 2.29 bits per heavy atom. The number of nitrogens with one attached hydrogen (secondary N) is 1. The average Bonchev–Trinajstić information content (AvgIpc) is 1.61. The highest BCUT2D eigenvalue weighted by atomic mass is 16.4. The number of hydrogen-bond acceptors (Lipinski definition) is 4. The van der Waals surface area contributed by atoms with Crippen LogP contribution in [0.2, 0.25) is 0 Å². The van der Waals surface area contributed by atoms with E-state index in [2.05, 4.69) is 0 Å². The van der Waals surface area contributed by atoms with Gasteiger partial charge in [-0.25, -0.2) is 0 Å². The van der Waals surface area contributed by atoms with E-state index in [1.165, 1.54) is 0 Å². The van der Waals surface area contributed by atoms with E-state index in [-0.39, 0.29) is 6.54 Å². The zero-order chi connectivity index (χ0) is 5.70. The highest BCUT2D eigenvalue weighted by Gasteiger charge is 2.01. The van der Waals surface area contributed by atoms with Crippen molar-refractivity contribution in [2.24, 2.45) is 0 Å². The summed E-state index contributed by atoms with van der Waals surface area (Å²) >= 11 is 0. The lowest BCUT2D eigenvalue weighted by Gasteiger charge is -1.91. The van der Waals surface area contributed by atoms with Gasteiger partial charge in [0.1, 0.15) is 6.29 Å². The molecule has 0 rings (SSSR count). The molecule has 0 aromatic rings. The van der Waals surface area contributed by atoms with Crippen LogP contribution < -0.4 is 5.23 Å². The van der Waals surface area contributed by atoms with Crippen molar-refractivity contribution in [2.75, 3.05) is 6.54 Å². The molecule has 0 aliphatic heterocycles.